The number of piperidine rings is 1. The second-order valence-corrected chi connectivity index (χ2v) is 7.39. The number of imidazole rings is 1. The average Bonchev–Trinajstić information content (AvgIpc) is 3.10. The summed E-state index contributed by atoms with van der Waals surface area (Å²) in [7, 11) is 0. The highest BCUT2D eigenvalue weighted by atomic mass is 32.1. The molecule has 2 atom stereocenters. The van der Waals surface area contributed by atoms with Crippen molar-refractivity contribution in [2.45, 2.75) is 38.5 Å². The second kappa shape index (κ2) is 5.61. The molecule has 4 rings (SSSR count). The molecule has 1 saturated carbocycles. The molecule has 0 amide bonds. The summed E-state index contributed by atoms with van der Waals surface area (Å²) in [5.74, 6) is 3.06. The molecule has 1 saturated heterocycles. The number of fused-ring (bicyclic) bond motifs is 2. The van der Waals surface area contributed by atoms with E-state index in [0.29, 0.717) is 6.54 Å². The molecule has 3 heterocycles. The summed E-state index contributed by atoms with van der Waals surface area (Å²) in [6, 6.07) is 0. The third-order valence-electron chi connectivity index (χ3n) is 5.31. The lowest BCUT2D eigenvalue weighted by Gasteiger charge is -2.41. The maximum atomic E-state index is 5.83. The Hall–Kier alpha value is -1.07. The number of nitrogens with two attached hydrogens (primary N) is 1. The third kappa shape index (κ3) is 2.36. The van der Waals surface area contributed by atoms with E-state index in [1.807, 2.05) is 0 Å². The van der Waals surface area contributed by atoms with Gasteiger partial charge in [-0.25, -0.2) is 4.98 Å². The average molecular weight is 304 g/mol. The van der Waals surface area contributed by atoms with Gasteiger partial charge in [0.05, 0.1) is 5.69 Å². The van der Waals surface area contributed by atoms with Gasteiger partial charge in [0, 0.05) is 31.1 Å². The largest absolute Gasteiger partial charge is 0.355 e. The predicted molar refractivity (Wildman–Crippen MR) is 88.1 cm³/mol. The summed E-state index contributed by atoms with van der Waals surface area (Å²) < 4.78 is 2.24. The first kappa shape index (κ1) is 13.6. The maximum absolute atomic E-state index is 5.83. The van der Waals surface area contributed by atoms with Gasteiger partial charge < -0.3 is 10.6 Å². The van der Waals surface area contributed by atoms with Crippen LogP contribution in [0.3, 0.4) is 0 Å². The summed E-state index contributed by atoms with van der Waals surface area (Å²) >= 11 is 1.72. The molecule has 2 aromatic rings. The summed E-state index contributed by atoms with van der Waals surface area (Å²) in [4.78, 5) is 8.55. The fraction of sp³-hybridized carbons (Fsp3) is 0.688. The highest BCUT2D eigenvalue weighted by Gasteiger charge is 2.33. The molecule has 2 unspecified atom stereocenters. The van der Waals surface area contributed by atoms with Crippen molar-refractivity contribution in [3.8, 4) is 0 Å². The van der Waals surface area contributed by atoms with E-state index in [-0.39, 0.29) is 0 Å². The number of nitrogens with zero attached hydrogens (tertiary/aromatic N) is 3. The third-order valence-corrected chi connectivity index (χ3v) is 6.07. The minimum absolute atomic E-state index is 0.691. The van der Waals surface area contributed by atoms with Crippen molar-refractivity contribution < 1.29 is 0 Å². The number of hydrogen-bond donors (Lipinski definition) is 1. The SMILES string of the molecule is NCCc1c(N2CCC3CCCCC3C2)nc2sccn12. The van der Waals surface area contributed by atoms with E-state index in [0.717, 1.165) is 23.2 Å². The van der Waals surface area contributed by atoms with E-state index in [4.69, 9.17) is 10.7 Å². The summed E-state index contributed by atoms with van der Waals surface area (Å²) in [6.45, 7) is 3.06. The predicted octanol–water partition coefficient (Wildman–Crippen LogP) is 2.91. The van der Waals surface area contributed by atoms with Gasteiger partial charge in [-0.3, -0.25) is 4.40 Å². The molecule has 5 heteroatoms. The Morgan fingerprint density at radius 3 is 2.95 bits per heavy atom. The fourth-order valence-electron chi connectivity index (χ4n) is 4.24. The summed E-state index contributed by atoms with van der Waals surface area (Å²) in [5.41, 5.74) is 7.14. The van der Waals surface area contributed by atoms with Crippen molar-refractivity contribution in [3.05, 3.63) is 17.3 Å². The molecule has 2 aromatic heterocycles. The lowest BCUT2D eigenvalue weighted by Crippen LogP contribution is -2.42. The van der Waals surface area contributed by atoms with E-state index in [2.05, 4.69) is 20.9 Å². The second-order valence-electron chi connectivity index (χ2n) is 6.52. The van der Waals surface area contributed by atoms with Gasteiger partial charge in [0.1, 0.15) is 0 Å². The molecule has 2 fully saturated rings. The van der Waals surface area contributed by atoms with Crippen LogP contribution < -0.4 is 10.6 Å². The molecule has 21 heavy (non-hydrogen) atoms. The fourth-order valence-corrected chi connectivity index (χ4v) is 4.96. The molecule has 0 spiro atoms. The van der Waals surface area contributed by atoms with Crippen molar-refractivity contribution in [1.82, 2.24) is 9.38 Å². The summed E-state index contributed by atoms with van der Waals surface area (Å²) in [6.07, 6.45) is 10.1. The zero-order valence-electron chi connectivity index (χ0n) is 12.5. The van der Waals surface area contributed by atoms with Gasteiger partial charge in [-0.1, -0.05) is 19.3 Å². The highest BCUT2D eigenvalue weighted by Crippen LogP contribution is 2.38. The molecule has 2 aliphatic rings. The summed E-state index contributed by atoms with van der Waals surface area (Å²) in [5, 5.41) is 2.11. The molecule has 114 valence electrons. The van der Waals surface area contributed by atoms with Gasteiger partial charge in [-0.15, -0.1) is 11.3 Å². The Morgan fingerprint density at radius 2 is 2.10 bits per heavy atom. The molecule has 2 N–H and O–H groups in total. The van der Waals surface area contributed by atoms with Gasteiger partial charge in [0.2, 0.25) is 0 Å². The number of hydrogen-bond acceptors (Lipinski definition) is 4. The Kier molecular flexibility index (Phi) is 3.63. The van der Waals surface area contributed by atoms with Crippen LogP contribution in [0.25, 0.3) is 4.96 Å². The number of rotatable bonds is 3. The Morgan fingerprint density at radius 1 is 1.24 bits per heavy atom. The number of aromatic nitrogens is 2. The topological polar surface area (TPSA) is 46.6 Å². The quantitative estimate of drug-likeness (QED) is 0.948. The van der Waals surface area contributed by atoms with Crippen LogP contribution in [-0.2, 0) is 6.42 Å². The van der Waals surface area contributed by atoms with Gasteiger partial charge in [0.25, 0.3) is 0 Å². The van der Waals surface area contributed by atoms with E-state index in [9.17, 15) is 0 Å². The van der Waals surface area contributed by atoms with E-state index in [1.165, 1.54) is 56.7 Å². The first-order chi connectivity index (χ1) is 10.4. The van der Waals surface area contributed by atoms with Gasteiger partial charge in [0.15, 0.2) is 10.8 Å². The first-order valence-corrected chi connectivity index (χ1v) is 9.14. The van der Waals surface area contributed by atoms with Crippen molar-refractivity contribution in [1.29, 1.82) is 0 Å². The van der Waals surface area contributed by atoms with Crippen molar-refractivity contribution in [2.24, 2.45) is 17.6 Å². The molecular weight excluding hydrogens is 280 g/mol. The minimum Gasteiger partial charge on any atom is -0.355 e. The van der Waals surface area contributed by atoms with Crippen LogP contribution in [0.4, 0.5) is 5.82 Å². The van der Waals surface area contributed by atoms with E-state index in [1.54, 1.807) is 11.3 Å². The molecule has 1 aliphatic heterocycles. The Balaban J connectivity index is 1.63. The lowest BCUT2D eigenvalue weighted by molar-refractivity contribution is 0.202. The van der Waals surface area contributed by atoms with E-state index >= 15 is 0 Å². The smallest absolute Gasteiger partial charge is 0.195 e. The van der Waals surface area contributed by atoms with Crippen LogP contribution in [0.15, 0.2) is 11.6 Å². The maximum Gasteiger partial charge on any atom is 0.195 e. The van der Waals surface area contributed by atoms with Crippen LogP contribution in [0, 0.1) is 11.8 Å². The molecule has 1 aliphatic carbocycles. The van der Waals surface area contributed by atoms with Gasteiger partial charge in [-0.05, 0) is 31.2 Å². The molecule has 0 radical (unpaired) electrons. The first-order valence-electron chi connectivity index (χ1n) is 8.26. The van der Waals surface area contributed by atoms with Crippen molar-refractivity contribution >= 4 is 22.1 Å². The number of anilines is 1. The molecule has 0 bridgehead atoms. The van der Waals surface area contributed by atoms with Crippen LogP contribution in [-0.4, -0.2) is 29.0 Å². The molecule has 4 nitrogen and oxygen atoms in total. The minimum atomic E-state index is 0.691. The van der Waals surface area contributed by atoms with Crippen LogP contribution in [0.2, 0.25) is 0 Å². The van der Waals surface area contributed by atoms with Crippen molar-refractivity contribution in [2.75, 3.05) is 24.5 Å². The standard InChI is InChI=1S/C16H24N4S/c17-7-5-14-15(18-16-20(14)9-10-21-16)19-8-6-12-3-1-2-4-13(12)11-19/h9-10,12-13H,1-8,11,17H2. The van der Waals surface area contributed by atoms with Crippen LogP contribution in [0.5, 0.6) is 0 Å². The Labute approximate surface area is 130 Å². The van der Waals surface area contributed by atoms with E-state index < -0.39 is 0 Å². The van der Waals surface area contributed by atoms with Crippen LogP contribution in [0.1, 0.15) is 37.8 Å². The number of thiazole rings is 1. The molecule has 0 aromatic carbocycles. The van der Waals surface area contributed by atoms with Gasteiger partial charge >= 0.3 is 0 Å². The Bertz CT molecular complexity index is 617. The normalized spacial score (nSPS) is 26.2. The van der Waals surface area contributed by atoms with Crippen molar-refractivity contribution in [3.63, 3.8) is 0 Å². The zero-order chi connectivity index (χ0) is 14.2. The monoisotopic (exact) mass is 304 g/mol. The highest BCUT2D eigenvalue weighted by molar-refractivity contribution is 7.15. The van der Waals surface area contributed by atoms with Gasteiger partial charge in [-0.2, -0.15) is 0 Å². The molecular formula is C16H24N4S. The lowest BCUT2D eigenvalue weighted by atomic mass is 9.75. The van der Waals surface area contributed by atoms with Crippen LogP contribution >= 0.6 is 11.3 Å². The zero-order valence-corrected chi connectivity index (χ0v) is 13.3.